The summed E-state index contributed by atoms with van der Waals surface area (Å²) in [5.41, 5.74) is 2.64. The Morgan fingerprint density at radius 1 is 1.18 bits per heavy atom. The van der Waals surface area contributed by atoms with Gasteiger partial charge >= 0.3 is 0 Å². The van der Waals surface area contributed by atoms with Gasteiger partial charge < -0.3 is 10.4 Å². The van der Waals surface area contributed by atoms with Gasteiger partial charge in [0.25, 0.3) is 0 Å². The van der Waals surface area contributed by atoms with Gasteiger partial charge in [0.2, 0.25) is 11.8 Å². The molecule has 3 aromatic rings. The summed E-state index contributed by atoms with van der Waals surface area (Å²) in [4.78, 5) is 30.1. The van der Waals surface area contributed by atoms with Crippen molar-refractivity contribution in [3.8, 4) is 0 Å². The van der Waals surface area contributed by atoms with Gasteiger partial charge in [-0.1, -0.05) is 30.3 Å². The summed E-state index contributed by atoms with van der Waals surface area (Å²) in [6.45, 7) is 1.40. The lowest BCUT2D eigenvalue weighted by Gasteiger charge is -2.17. The number of aliphatic hydroxyl groups excluding tert-OH is 1. The van der Waals surface area contributed by atoms with Gasteiger partial charge in [-0.2, -0.15) is 0 Å². The van der Waals surface area contributed by atoms with Crippen molar-refractivity contribution in [1.82, 2.24) is 4.98 Å². The Hall–Kier alpha value is -3.29. The van der Waals surface area contributed by atoms with Crippen LogP contribution in [0.4, 0.5) is 16.5 Å². The molecule has 2 N–H and O–H groups in total. The minimum Gasteiger partial charge on any atom is -0.392 e. The minimum atomic E-state index is -0.309. The molecule has 28 heavy (non-hydrogen) atoms. The Labute approximate surface area is 166 Å². The first-order chi connectivity index (χ1) is 13.6. The van der Waals surface area contributed by atoms with E-state index in [0.717, 1.165) is 11.3 Å². The van der Waals surface area contributed by atoms with Gasteiger partial charge in [-0.3, -0.25) is 14.5 Å². The second kappa shape index (κ2) is 9.07. The number of nitrogens with one attached hydrogen (secondary N) is 1. The van der Waals surface area contributed by atoms with E-state index in [9.17, 15) is 9.59 Å². The van der Waals surface area contributed by atoms with Crippen molar-refractivity contribution in [3.05, 3.63) is 77.3 Å². The van der Waals surface area contributed by atoms with Crippen molar-refractivity contribution in [2.75, 3.05) is 10.2 Å². The summed E-state index contributed by atoms with van der Waals surface area (Å²) in [6.07, 6.45) is 2.97. The fraction of sp³-hybridized carbons (Fsp3) is 0.0952. The zero-order valence-corrected chi connectivity index (χ0v) is 16.0. The lowest BCUT2D eigenvalue weighted by atomic mass is 10.2. The number of rotatable bonds is 6. The molecule has 0 atom stereocenters. The number of anilines is 3. The highest BCUT2D eigenvalue weighted by atomic mass is 32.1. The molecule has 1 aromatic heterocycles. The summed E-state index contributed by atoms with van der Waals surface area (Å²) in [5, 5.41) is 14.2. The molecule has 0 saturated carbocycles. The van der Waals surface area contributed by atoms with Crippen molar-refractivity contribution in [2.24, 2.45) is 0 Å². The minimum absolute atomic E-state index is 0.0881. The number of para-hydroxylation sites is 1. The average molecular weight is 393 g/mol. The highest BCUT2D eigenvalue weighted by Crippen LogP contribution is 2.29. The van der Waals surface area contributed by atoms with E-state index in [1.54, 1.807) is 35.7 Å². The second-order valence-corrected chi connectivity index (χ2v) is 6.76. The molecule has 142 valence electrons. The van der Waals surface area contributed by atoms with Gasteiger partial charge in [-0.15, -0.1) is 11.3 Å². The maximum Gasteiger partial charge on any atom is 0.248 e. The Bertz CT molecular complexity index is 999. The first-order valence-corrected chi connectivity index (χ1v) is 9.45. The van der Waals surface area contributed by atoms with Crippen molar-refractivity contribution >= 4 is 45.7 Å². The maximum atomic E-state index is 12.1. The van der Waals surface area contributed by atoms with Crippen LogP contribution in [0.25, 0.3) is 6.08 Å². The van der Waals surface area contributed by atoms with Gasteiger partial charge in [-0.25, -0.2) is 4.98 Å². The van der Waals surface area contributed by atoms with Crippen LogP contribution in [0.1, 0.15) is 18.2 Å². The number of carbonyl (C=O) groups excluding carboxylic acids is 2. The largest absolute Gasteiger partial charge is 0.392 e. The molecule has 0 spiro atoms. The molecule has 0 aliphatic heterocycles. The van der Waals surface area contributed by atoms with Crippen LogP contribution in [0.3, 0.4) is 0 Å². The lowest BCUT2D eigenvalue weighted by molar-refractivity contribution is -0.116. The van der Waals surface area contributed by atoms with Gasteiger partial charge in [0.05, 0.1) is 18.0 Å². The zero-order valence-electron chi connectivity index (χ0n) is 15.2. The van der Waals surface area contributed by atoms with E-state index in [2.05, 4.69) is 10.3 Å². The van der Waals surface area contributed by atoms with E-state index >= 15 is 0 Å². The van der Waals surface area contributed by atoms with Crippen LogP contribution >= 0.6 is 11.3 Å². The topological polar surface area (TPSA) is 82.5 Å². The van der Waals surface area contributed by atoms with Crippen molar-refractivity contribution in [2.45, 2.75) is 13.5 Å². The first-order valence-electron chi connectivity index (χ1n) is 8.57. The van der Waals surface area contributed by atoms with E-state index in [0.29, 0.717) is 16.5 Å². The molecular formula is C21H19N3O3S. The maximum absolute atomic E-state index is 12.1. The zero-order chi connectivity index (χ0) is 19.9. The van der Waals surface area contributed by atoms with E-state index < -0.39 is 0 Å². The van der Waals surface area contributed by atoms with Crippen LogP contribution in [-0.4, -0.2) is 21.9 Å². The summed E-state index contributed by atoms with van der Waals surface area (Å²) < 4.78 is 0. The van der Waals surface area contributed by atoms with Gasteiger partial charge in [0.1, 0.15) is 0 Å². The third kappa shape index (κ3) is 4.91. The monoisotopic (exact) mass is 393 g/mol. The summed E-state index contributed by atoms with van der Waals surface area (Å²) in [7, 11) is 0. The van der Waals surface area contributed by atoms with Gasteiger partial charge in [0.15, 0.2) is 5.13 Å². The standard InChI is InChI=1S/C21H19N3O3S/c1-15(26)24(19-8-3-2-4-9-19)21-23-18(14-28-21)10-11-20(27)22-17-7-5-6-16(12-17)13-25/h2-12,14,25H,13H2,1H3,(H,22,27)/b11-10+. The van der Waals surface area contributed by atoms with Crippen molar-refractivity contribution < 1.29 is 14.7 Å². The smallest absolute Gasteiger partial charge is 0.248 e. The molecule has 0 fully saturated rings. The molecule has 0 aliphatic rings. The SMILES string of the molecule is CC(=O)N(c1ccccc1)c1nc(/C=C/C(=O)Nc2cccc(CO)c2)cs1. The van der Waals surface area contributed by atoms with Crippen molar-refractivity contribution in [1.29, 1.82) is 0 Å². The fourth-order valence-corrected chi connectivity index (χ4v) is 3.41. The third-order valence-corrected chi connectivity index (χ3v) is 4.66. The normalized spacial score (nSPS) is 10.8. The predicted octanol–water partition coefficient (Wildman–Crippen LogP) is 3.97. The van der Waals surface area contributed by atoms with E-state index in [1.807, 2.05) is 30.3 Å². The van der Waals surface area contributed by atoms with Crippen LogP contribution in [0.5, 0.6) is 0 Å². The number of nitrogens with zero attached hydrogens (tertiary/aromatic N) is 2. The Morgan fingerprint density at radius 2 is 1.96 bits per heavy atom. The number of hydrogen-bond acceptors (Lipinski definition) is 5. The van der Waals surface area contributed by atoms with Crippen molar-refractivity contribution in [3.63, 3.8) is 0 Å². The molecule has 1 heterocycles. The summed E-state index contributed by atoms with van der Waals surface area (Å²) >= 11 is 1.32. The molecule has 0 unspecified atom stereocenters. The number of benzene rings is 2. The average Bonchev–Trinajstić information content (AvgIpc) is 3.15. The number of aliphatic hydroxyl groups is 1. The molecular weight excluding hydrogens is 374 g/mol. The molecule has 0 aliphatic carbocycles. The lowest BCUT2D eigenvalue weighted by Crippen LogP contribution is -2.22. The fourth-order valence-electron chi connectivity index (χ4n) is 2.55. The summed E-state index contributed by atoms with van der Waals surface area (Å²) in [5.74, 6) is -0.450. The molecule has 0 bridgehead atoms. The van der Waals surface area contributed by atoms with Gasteiger partial charge in [0, 0.05) is 24.1 Å². The number of thiazole rings is 1. The van der Waals surface area contributed by atoms with E-state index in [1.165, 1.54) is 29.2 Å². The molecule has 2 amide bonds. The van der Waals surface area contributed by atoms with Crippen LogP contribution in [0, 0.1) is 0 Å². The predicted molar refractivity (Wildman–Crippen MR) is 111 cm³/mol. The Balaban J connectivity index is 1.71. The quantitative estimate of drug-likeness (QED) is 0.621. The number of aromatic nitrogens is 1. The Kier molecular flexibility index (Phi) is 6.31. The molecule has 6 nitrogen and oxygen atoms in total. The third-order valence-electron chi connectivity index (χ3n) is 3.81. The molecule has 0 radical (unpaired) electrons. The van der Waals surface area contributed by atoms with E-state index in [-0.39, 0.29) is 18.4 Å². The van der Waals surface area contributed by atoms with Crippen LogP contribution < -0.4 is 10.2 Å². The molecule has 0 saturated heterocycles. The Morgan fingerprint density at radius 3 is 2.68 bits per heavy atom. The highest BCUT2D eigenvalue weighted by Gasteiger charge is 2.17. The molecule has 2 aromatic carbocycles. The number of carbonyl (C=O) groups is 2. The molecule has 7 heteroatoms. The van der Waals surface area contributed by atoms with Gasteiger partial charge in [-0.05, 0) is 35.9 Å². The van der Waals surface area contributed by atoms with Crippen LogP contribution in [0.15, 0.2) is 66.1 Å². The molecule has 3 rings (SSSR count). The summed E-state index contributed by atoms with van der Waals surface area (Å²) in [6, 6.07) is 16.3. The number of amides is 2. The first kappa shape index (κ1) is 19.5. The number of hydrogen-bond donors (Lipinski definition) is 2. The van der Waals surface area contributed by atoms with E-state index in [4.69, 9.17) is 5.11 Å². The van der Waals surface area contributed by atoms with Crippen LogP contribution in [-0.2, 0) is 16.2 Å². The second-order valence-electron chi connectivity index (χ2n) is 5.93. The van der Waals surface area contributed by atoms with Crippen LogP contribution in [0.2, 0.25) is 0 Å². The highest BCUT2D eigenvalue weighted by molar-refractivity contribution is 7.14.